The first-order valence-electron chi connectivity index (χ1n) is 4.00. The number of nitrogens with zero attached hydrogens (tertiary/aromatic N) is 1. The number of carboxylic acids is 1. The maximum Gasteiger partial charge on any atom is 0.308 e. The first-order chi connectivity index (χ1) is 6.11. The normalized spacial score (nSPS) is 14.9. The van der Waals surface area contributed by atoms with Gasteiger partial charge in [-0.1, -0.05) is 0 Å². The Morgan fingerprint density at radius 2 is 2.38 bits per heavy atom. The van der Waals surface area contributed by atoms with Gasteiger partial charge in [0, 0.05) is 17.6 Å². The molecule has 5 heteroatoms. The first kappa shape index (κ1) is 9.98. The Balaban J connectivity index is 2.50. The Bertz CT molecular complexity index is 274. The molecule has 72 valence electrons. The van der Waals surface area contributed by atoms with Crippen LogP contribution in [0.3, 0.4) is 0 Å². The predicted octanol–water partition coefficient (Wildman–Crippen LogP) is 1.66. The van der Waals surface area contributed by atoms with Gasteiger partial charge >= 0.3 is 5.97 Å². The van der Waals surface area contributed by atoms with Crippen molar-refractivity contribution in [2.75, 3.05) is 5.32 Å². The lowest BCUT2D eigenvalue weighted by atomic mass is 10.1. The highest BCUT2D eigenvalue weighted by atomic mass is 32.1. The number of aromatic nitrogens is 1. The molecule has 0 amide bonds. The number of hydrogen-bond donors (Lipinski definition) is 2. The van der Waals surface area contributed by atoms with E-state index in [0.29, 0.717) is 0 Å². The van der Waals surface area contributed by atoms with Crippen molar-refractivity contribution >= 4 is 22.4 Å². The second kappa shape index (κ2) is 4.23. The van der Waals surface area contributed by atoms with Crippen LogP contribution < -0.4 is 5.32 Å². The van der Waals surface area contributed by atoms with Crippen molar-refractivity contribution in [1.82, 2.24) is 4.98 Å². The van der Waals surface area contributed by atoms with Crippen molar-refractivity contribution in [3.05, 3.63) is 11.6 Å². The molecule has 0 radical (unpaired) electrons. The molecule has 1 rings (SSSR count). The molecule has 1 aromatic heterocycles. The fourth-order valence-electron chi connectivity index (χ4n) is 0.828. The smallest absolute Gasteiger partial charge is 0.308 e. The molecule has 0 fully saturated rings. The highest BCUT2D eigenvalue weighted by Gasteiger charge is 2.19. The van der Waals surface area contributed by atoms with Gasteiger partial charge in [0.05, 0.1) is 5.92 Å². The summed E-state index contributed by atoms with van der Waals surface area (Å²) in [5.41, 5.74) is 0. The minimum Gasteiger partial charge on any atom is -0.481 e. The molecule has 13 heavy (non-hydrogen) atoms. The van der Waals surface area contributed by atoms with E-state index < -0.39 is 11.9 Å². The molecule has 2 atom stereocenters. The Kier molecular flexibility index (Phi) is 3.25. The van der Waals surface area contributed by atoms with Crippen LogP contribution >= 0.6 is 11.3 Å². The van der Waals surface area contributed by atoms with Crippen molar-refractivity contribution in [2.24, 2.45) is 5.92 Å². The quantitative estimate of drug-likeness (QED) is 0.776. The average molecular weight is 200 g/mol. The zero-order valence-electron chi connectivity index (χ0n) is 7.52. The summed E-state index contributed by atoms with van der Waals surface area (Å²) < 4.78 is 0. The van der Waals surface area contributed by atoms with E-state index in [0.717, 1.165) is 5.13 Å². The molecule has 4 nitrogen and oxygen atoms in total. The van der Waals surface area contributed by atoms with Crippen molar-refractivity contribution in [3.8, 4) is 0 Å². The maximum atomic E-state index is 10.6. The highest BCUT2D eigenvalue weighted by Crippen LogP contribution is 2.15. The fourth-order valence-corrected chi connectivity index (χ4v) is 1.45. The molecule has 2 unspecified atom stereocenters. The number of carboxylic acid groups (broad SMARTS) is 1. The Labute approximate surface area is 80.6 Å². The SMILES string of the molecule is CC(Nc1nccs1)C(C)C(=O)O. The number of hydrogen-bond acceptors (Lipinski definition) is 4. The summed E-state index contributed by atoms with van der Waals surface area (Å²) in [5.74, 6) is -1.21. The number of aliphatic carboxylic acids is 1. The number of nitrogens with one attached hydrogen (secondary N) is 1. The molecule has 2 N–H and O–H groups in total. The van der Waals surface area contributed by atoms with Gasteiger partial charge in [-0.05, 0) is 13.8 Å². The lowest BCUT2D eigenvalue weighted by molar-refractivity contribution is -0.141. The van der Waals surface area contributed by atoms with Crippen LogP contribution in [-0.2, 0) is 4.79 Å². The summed E-state index contributed by atoms with van der Waals surface area (Å²) in [6.45, 7) is 3.51. The molecule has 0 bridgehead atoms. The van der Waals surface area contributed by atoms with E-state index in [-0.39, 0.29) is 6.04 Å². The summed E-state index contributed by atoms with van der Waals surface area (Å²) in [5, 5.41) is 14.4. The summed E-state index contributed by atoms with van der Waals surface area (Å²) >= 11 is 1.47. The zero-order valence-corrected chi connectivity index (χ0v) is 8.34. The third-order valence-electron chi connectivity index (χ3n) is 1.92. The van der Waals surface area contributed by atoms with Gasteiger partial charge in [0.15, 0.2) is 5.13 Å². The van der Waals surface area contributed by atoms with Gasteiger partial charge in [-0.15, -0.1) is 11.3 Å². The molecule has 1 aromatic rings. The highest BCUT2D eigenvalue weighted by molar-refractivity contribution is 7.13. The topological polar surface area (TPSA) is 62.2 Å². The van der Waals surface area contributed by atoms with Crippen molar-refractivity contribution in [1.29, 1.82) is 0 Å². The van der Waals surface area contributed by atoms with Crippen molar-refractivity contribution < 1.29 is 9.90 Å². The van der Waals surface area contributed by atoms with Crippen LogP contribution in [0.25, 0.3) is 0 Å². The molecule has 0 aromatic carbocycles. The zero-order chi connectivity index (χ0) is 9.84. The van der Waals surface area contributed by atoms with E-state index in [9.17, 15) is 4.79 Å². The van der Waals surface area contributed by atoms with Crippen molar-refractivity contribution in [2.45, 2.75) is 19.9 Å². The number of carbonyl (C=O) groups is 1. The molecule has 1 heterocycles. The molecule has 0 spiro atoms. The molecular formula is C8H12N2O2S. The van der Waals surface area contributed by atoms with E-state index in [4.69, 9.17) is 5.11 Å². The summed E-state index contributed by atoms with van der Waals surface area (Å²) in [6, 6.07) is -0.108. The van der Waals surface area contributed by atoms with Gasteiger partial charge in [-0.3, -0.25) is 4.79 Å². The third-order valence-corrected chi connectivity index (χ3v) is 2.63. The van der Waals surface area contributed by atoms with E-state index in [2.05, 4.69) is 10.3 Å². The van der Waals surface area contributed by atoms with Crippen LogP contribution in [0.15, 0.2) is 11.6 Å². The fraction of sp³-hybridized carbons (Fsp3) is 0.500. The van der Waals surface area contributed by atoms with Crippen LogP contribution in [0.2, 0.25) is 0 Å². The summed E-state index contributed by atoms with van der Waals surface area (Å²) in [4.78, 5) is 14.6. The summed E-state index contributed by atoms with van der Waals surface area (Å²) in [7, 11) is 0. The Hall–Kier alpha value is -1.10. The Morgan fingerprint density at radius 1 is 1.69 bits per heavy atom. The second-order valence-corrected chi connectivity index (χ2v) is 3.79. The van der Waals surface area contributed by atoms with Crippen LogP contribution in [0.1, 0.15) is 13.8 Å². The largest absolute Gasteiger partial charge is 0.481 e. The molecule has 0 aliphatic carbocycles. The lowest BCUT2D eigenvalue weighted by Crippen LogP contribution is -2.29. The number of anilines is 1. The van der Waals surface area contributed by atoms with Gasteiger partial charge in [0.1, 0.15) is 0 Å². The predicted molar refractivity (Wildman–Crippen MR) is 52.0 cm³/mol. The Morgan fingerprint density at radius 3 is 2.85 bits per heavy atom. The lowest BCUT2D eigenvalue weighted by Gasteiger charge is -2.16. The molecule has 0 saturated heterocycles. The van der Waals surface area contributed by atoms with E-state index >= 15 is 0 Å². The number of rotatable bonds is 4. The van der Waals surface area contributed by atoms with E-state index in [1.54, 1.807) is 13.1 Å². The van der Waals surface area contributed by atoms with Crippen LogP contribution in [-0.4, -0.2) is 22.1 Å². The van der Waals surface area contributed by atoms with E-state index in [1.165, 1.54) is 11.3 Å². The summed E-state index contributed by atoms with van der Waals surface area (Å²) in [6.07, 6.45) is 1.69. The maximum absolute atomic E-state index is 10.6. The second-order valence-electron chi connectivity index (χ2n) is 2.90. The minimum atomic E-state index is -0.795. The molecular weight excluding hydrogens is 188 g/mol. The van der Waals surface area contributed by atoms with Crippen molar-refractivity contribution in [3.63, 3.8) is 0 Å². The van der Waals surface area contributed by atoms with Gasteiger partial charge in [-0.25, -0.2) is 4.98 Å². The first-order valence-corrected chi connectivity index (χ1v) is 4.88. The van der Waals surface area contributed by atoms with Gasteiger partial charge in [0.2, 0.25) is 0 Å². The minimum absolute atomic E-state index is 0.108. The van der Waals surface area contributed by atoms with Gasteiger partial charge < -0.3 is 10.4 Å². The van der Waals surface area contributed by atoms with Gasteiger partial charge in [0.25, 0.3) is 0 Å². The molecule has 0 saturated carbocycles. The van der Waals surface area contributed by atoms with Crippen LogP contribution in [0, 0.1) is 5.92 Å². The monoisotopic (exact) mass is 200 g/mol. The average Bonchev–Trinajstić information content (AvgIpc) is 2.55. The third kappa shape index (κ3) is 2.69. The molecule has 0 aliphatic heterocycles. The molecule has 0 aliphatic rings. The van der Waals surface area contributed by atoms with Gasteiger partial charge in [-0.2, -0.15) is 0 Å². The van der Waals surface area contributed by atoms with Crippen LogP contribution in [0.5, 0.6) is 0 Å². The standard InChI is InChI=1S/C8H12N2O2S/c1-5(7(11)12)6(2)10-8-9-3-4-13-8/h3-6H,1-2H3,(H,9,10)(H,11,12). The van der Waals surface area contributed by atoms with Crippen LogP contribution in [0.4, 0.5) is 5.13 Å². The van der Waals surface area contributed by atoms with E-state index in [1.807, 2.05) is 12.3 Å². The number of thiazole rings is 1.